The minimum atomic E-state index is -5.73. The number of hydrogen-bond acceptors (Lipinski definition) is 3. The van der Waals surface area contributed by atoms with Crippen LogP contribution in [-0.2, 0) is 14.9 Å². The topological polar surface area (TPSA) is 71.4 Å². The highest BCUT2D eigenvalue weighted by Crippen LogP contribution is 2.71. The molecule has 1 N–H and O–H groups in total. The number of rotatable bonds is 5. The van der Waals surface area contributed by atoms with Crippen molar-refractivity contribution >= 4 is 15.9 Å². The van der Waals surface area contributed by atoms with Gasteiger partial charge in [-0.05, 0) is 66.9 Å². The number of allylic oxidation sites excluding steroid dienone is 1. The fourth-order valence-corrected chi connectivity index (χ4v) is 5.58. The van der Waals surface area contributed by atoms with Crippen LogP contribution in [0.15, 0.2) is 17.4 Å². The number of alkyl halides is 2. The van der Waals surface area contributed by atoms with E-state index >= 15 is 0 Å². The maximum absolute atomic E-state index is 13.5. The first-order valence-corrected chi connectivity index (χ1v) is 8.92. The van der Waals surface area contributed by atoms with E-state index in [1.54, 1.807) is 0 Å². The van der Waals surface area contributed by atoms with Crippen LogP contribution < -0.4 is 0 Å². The summed E-state index contributed by atoms with van der Waals surface area (Å²) >= 11 is 0. The molecule has 2 bridgehead atoms. The Hall–Kier alpha value is -1.04. The van der Waals surface area contributed by atoms with E-state index < -0.39 is 27.1 Å². The molecular formula is C15H16F2O4S. The van der Waals surface area contributed by atoms with Gasteiger partial charge in [0.15, 0.2) is 0 Å². The third-order valence-corrected chi connectivity index (χ3v) is 6.99. The monoisotopic (exact) mass is 330 g/mol. The Labute approximate surface area is 127 Å². The van der Waals surface area contributed by atoms with Crippen molar-refractivity contribution in [1.29, 1.82) is 0 Å². The molecule has 0 aromatic carbocycles. The molecule has 4 aliphatic rings. The molecule has 0 heterocycles. The van der Waals surface area contributed by atoms with Crippen LogP contribution in [0.3, 0.4) is 0 Å². The van der Waals surface area contributed by atoms with Gasteiger partial charge < -0.3 is 0 Å². The zero-order valence-corrected chi connectivity index (χ0v) is 12.6. The van der Waals surface area contributed by atoms with Crippen molar-refractivity contribution in [2.24, 2.45) is 29.1 Å². The number of fused-ring (bicyclic) bond motifs is 1. The van der Waals surface area contributed by atoms with Gasteiger partial charge in [0.2, 0.25) is 5.78 Å². The molecule has 3 saturated carbocycles. The van der Waals surface area contributed by atoms with Crippen LogP contribution in [-0.4, -0.2) is 24.0 Å². The number of carbonyl (C=O) groups excluding carboxylic acids is 1. The summed E-state index contributed by atoms with van der Waals surface area (Å²) in [7, 11) is -5.73. The summed E-state index contributed by atoms with van der Waals surface area (Å²) in [6, 6.07) is 0. The second kappa shape index (κ2) is 4.08. The van der Waals surface area contributed by atoms with Gasteiger partial charge in [-0.1, -0.05) is 0 Å². The minimum Gasteiger partial charge on any atom is -0.290 e. The zero-order chi connectivity index (χ0) is 15.9. The first kappa shape index (κ1) is 14.5. The first-order valence-electron chi connectivity index (χ1n) is 7.48. The number of ketones is 1. The lowest BCUT2D eigenvalue weighted by Crippen LogP contribution is -2.43. The van der Waals surface area contributed by atoms with Gasteiger partial charge in [-0.25, -0.2) is 0 Å². The van der Waals surface area contributed by atoms with Crippen molar-refractivity contribution in [2.75, 3.05) is 0 Å². The molecule has 0 aliphatic heterocycles. The first-order chi connectivity index (χ1) is 10.1. The van der Waals surface area contributed by atoms with Crippen LogP contribution in [0, 0.1) is 29.1 Å². The smallest absolute Gasteiger partial charge is 0.290 e. The maximum atomic E-state index is 13.5. The normalized spacial score (nSPS) is 41.9. The fraction of sp³-hybridized carbons (Fsp3) is 0.733. The highest BCUT2D eigenvalue weighted by Gasteiger charge is 2.62. The molecule has 7 heteroatoms. The van der Waals surface area contributed by atoms with Crippen molar-refractivity contribution < 1.29 is 26.5 Å². The SMILES string of the molecule is O=C(C1C=C=C1CC12CC3CC(C1)C3C2)C(F)(F)S(=O)(=O)O. The Kier molecular flexibility index (Phi) is 2.69. The molecule has 4 nitrogen and oxygen atoms in total. The largest absolute Gasteiger partial charge is 0.427 e. The van der Waals surface area contributed by atoms with E-state index in [0.29, 0.717) is 12.0 Å². The molecule has 4 aliphatic carbocycles. The molecule has 120 valence electrons. The average molecular weight is 330 g/mol. The molecular weight excluding hydrogens is 314 g/mol. The molecule has 0 aromatic heterocycles. The van der Waals surface area contributed by atoms with Crippen molar-refractivity contribution in [1.82, 2.24) is 0 Å². The second-order valence-electron chi connectivity index (χ2n) is 7.38. The van der Waals surface area contributed by atoms with Crippen molar-refractivity contribution in [3.8, 4) is 0 Å². The molecule has 0 aromatic rings. The van der Waals surface area contributed by atoms with Crippen LogP contribution in [0.25, 0.3) is 0 Å². The standard InChI is InChI=1S/C15H16F2O4S/c16-15(17,22(19,20)21)13(18)11-2-1-8(11)4-14-5-9-3-10(6-14)12(9)7-14/h2,9-12H,3-7H2,(H,19,20,21). The van der Waals surface area contributed by atoms with Gasteiger partial charge >= 0.3 is 15.4 Å². The van der Waals surface area contributed by atoms with E-state index in [4.69, 9.17) is 4.55 Å². The minimum absolute atomic E-state index is 0.0980. The Morgan fingerprint density at radius 2 is 2.00 bits per heavy atom. The van der Waals surface area contributed by atoms with Gasteiger partial charge in [0.1, 0.15) is 0 Å². The Balaban J connectivity index is 1.49. The maximum Gasteiger partial charge on any atom is 0.427 e. The highest BCUT2D eigenvalue weighted by molar-refractivity contribution is 7.87. The third-order valence-electron chi connectivity index (χ3n) is 6.15. The van der Waals surface area contributed by atoms with Crippen LogP contribution in [0.5, 0.6) is 0 Å². The fourth-order valence-electron chi connectivity index (χ4n) is 5.20. The molecule has 3 atom stereocenters. The van der Waals surface area contributed by atoms with Gasteiger partial charge in [-0.3, -0.25) is 9.35 Å². The summed E-state index contributed by atoms with van der Waals surface area (Å²) in [6.45, 7) is 0. The Morgan fingerprint density at radius 1 is 1.36 bits per heavy atom. The van der Waals surface area contributed by atoms with Crippen LogP contribution in [0.1, 0.15) is 32.1 Å². The summed E-state index contributed by atoms with van der Waals surface area (Å²) in [5.41, 5.74) is 3.36. The van der Waals surface area contributed by atoms with Gasteiger partial charge in [0.05, 0.1) is 5.92 Å². The van der Waals surface area contributed by atoms with E-state index in [0.717, 1.165) is 37.0 Å². The van der Waals surface area contributed by atoms with Gasteiger partial charge in [0, 0.05) is 0 Å². The summed E-state index contributed by atoms with van der Waals surface area (Å²) in [6.07, 6.45) is 6.23. The van der Waals surface area contributed by atoms with Crippen LogP contribution in [0.2, 0.25) is 0 Å². The van der Waals surface area contributed by atoms with Gasteiger partial charge in [-0.2, -0.15) is 17.2 Å². The lowest BCUT2D eigenvalue weighted by atomic mass is 9.60. The molecule has 0 spiro atoms. The quantitative estimate of drug-likeness (QED) is 0.621. The molecule has 3 unspecified atom stereocenters. The van der Waals surface area contributed by atoms with E-state index in [9.17, 15) is 22.0 Å². The molecule has 0 radical (unpaired) electrons. The van der Waals surface area contributed by atoms with Crippen molar-refractivity contribution in [3.05, 3.63) is 17.4 Å². The second-order valence-corrected chi connectivity index (χ2v) is 8.84. The number of carbonyl (C=O) groups is 1. The van der Waals surface area contributed by atoms with Crippen LogP contribution >= 0.6 is 0 Å². The van der Waals surface area contributed by atoms with E-state index in [1.165, 1.54) is 12.5 Å². The van der Waals surface area contributed by atoms with Crippen LogP contribution in [0.4, 0.5) is 8.78 Å². The average Bonchev–Trinajstić information content (AvgIpc) is 2.82. The number of Topliss-reactive ketones (excluding diaryl/α,β-unsaturated/α-hetero) is 1. The van der Waals surface area contributed by atoms with E-state index in [-0.39, 0.29) is 5.41 Å². The summed E-state index contributed by atoms with van der Waals surface area (Å²) in [5.74, 6) is -0.744. The van der Waals surface area contributed by atoms with Crippen molar-refractivity contribution in [3.63, 3.8) is 0 Å². The Bertz CT molecular complexity index is 715. The third kappa shape index (κ3) is 1.76. The highest BCUT2D eigenvalue weighted by atomic mass is 32.2. The zero-order valence-electron chi connectivity index (χ0n) is 11.8. The lowest BCUT2D eigenvalue weighted by Gasteiger charge is -2.45. The Morgan fingerprint density at radius 3 is 2.41 bits per heavy atom. The predicted octanol–water partition coefficient (Wildman–Crippen LogP) is 2.57. The molecule has 0 saturated heterocycles. The molecule has 4 rings (SSSR count). The number of hydrogen-bond donors (Lipinski definition) is 1. The predicted molar refractivity (Wildman–Crippen MR) is 72.6 cm³/mol. The molecule has 3 fully saturated rings. The lowest BCUT2D eigenvalue weighted by molar-refractivity contribution is -0.135. The van der Waals surface area contributed by atoms with Gasteiger partial charge in [-0.15, -0.1) is 5.73 Å². The van der Waals surface area contributed by atoms with Crippen molar-refractivity contribution in [2.45, 2.75) is 37.4 Å². The summed E-state index contributed by atoms with van der Waals surface area (Å²) < 4.78 is 56.9. The van der Waals surface area contributed by atoms with E-state index in [2.05, 4.69) is 5.73 Å². The molecule has 22 heavy (non-hydrogen) atoms. The summed E-state index contributed by atoms with van der Waals surface area (Å²) in [5, 5.41) is -4.75. The molecule has 0 amide bonds. The number of halogens is 2. The van der Waals surface area contributed by atoms with E-state index in [1.807, 2.05) is 0 Å². The van der Waals surface area contributed by atoms with Gasteiger partial charge in [0.25, 0.3) is 0 Å². The summed E-state index contributed by atoms with van der Waals surface area (Å²) in [4.78, 5) is 11.8.